The molecule has 1 spiro atoms. The van der Waals surface area contributed by atoms with Crippen LogP contribution >= 0.6 is 0 Å². The van der Waals surface area contributed by atoms with Crippen LogP contribution in [0.1, 0.15) is 62.6 Å². The van der Waals surface area contributed by atoms with Crippen LogP contribution in [0.15, 0.2) is 24.3 Å². The molecule has 0 unspecified atom stereocenters. The van der Waals surface area contributed by atoms with Crippen LogP contribution in [0.4, 0.5) is 4.79 Å². The molecule has 3 rings (SSSR count). The molecule has 26 heavy (non-hydrogen) atoms. The lowest BCUT2D eigenvalue weighted by molar-refractivity contribution is -0.136. The molecular weight excluding hydrogens is 330 g/mol. The molecule has 1 atom stereocenters. The summed E-state index contributed by atoms with van der Waals surface area (Å²) in [4.78, 5) is 38.6. The maximum atomic E-state index is 12.8. The Morgan fingerprint density at radius 2 is 1.85 bits per heavy atom. The number of nitrogens with zero attached hydrogens (tertiary/aromatic N) is 1. The second-order valence-corrected chi connectivity index (χ2v) is 7.40. The maximum absolute atomic E-state index is 12.8. The van der Waals surface area contributed by atoms with Crippen molar-refractivity contribution >= 4 is 17.8 Å². The Labute approximate surface area is 154 Å². The Bertz CT molecular complexity index is 693. The summed E-state index contributed by atoms with van der Waals surface area (Å²) in [6.07, 6.45) is 5.00. The molecule has 0 radical (unpaired) electrons. The average molecular weight is 357 g/mol. The Morgan fingerprint density at radius 3 is 2.46 bits per heavy atom. The molecule has 2 aliphatic rings. The highest BCUT2D eigenvalue weighted by Gasteiger charge is 2.51. The molecule has 1 aromatic carbocycles. The van der Waals surface area contributed by atoms with Crippen molar-refractivity contribution in [2.24, 2.45) is 0 Å². The molecule has 0 bridgehead atoms. The average Bonchev–Trinajstić information content (AvgIpc) is 2.85. The first-order valence-electron chi connectivity index (χ1n) is 9.45. The van der Waals surface area contributed by atoms with Gasteiger partial charge in [-0.1, -0.05) is 56.0 Å². The van der Waals surface area contributed by atoms with Crippen molar-refractivity contribution in [3.63, 3.8) is 0 Å². The molecule has 4 amide bonds. The van der Waals surface area contributed by atoms with Crippen LogP contribution in [0.25, 0.3) is 0 Å². The van der Waals surface area contributed by atoms with E-state index >= 15 is 0 Å². The molecule has 6 nitrogen and oxygen atoms in total. The van der Waals surface area contributed by atoms with E-state index in [9.17, 15) is 14.4 Å². The minimum Gasteiger partial charge on any atom is -0.348 e. The molecule has 2 N–H and O–H groups in total. The summed E-state index contributed by atoms with van der Waals surface area (Å²) >= 11 is 0. The van der Waals surface area contributed by atoms with Gasteiger partial charge in [-0.05, 0) is 31.7 Å². The predicted molar refractivity (Wildman–Crippen MR) is 98.4 cm³/mol. The van der Waals surface area contributed by atoms with Gasteiger partial charge in [0.1, 0.15) is 12.1 Å². The van der Waals surface area contributed by atoms with Gasteiger partial charge in [0.05, 0.1) is 6.04 Å². The zero-order valence-electron chi connectivity index (χ0n) is 15.5. The Hall–Kier alpha value is -2.37. The van der Waals surface area contributed by atoms with E-state index in [0.29, 0.717) is 12.8 Å². The van der Waals surface area contributed by atoms with E-state index in [4.69, 9.17) is 0 Å². The fraction of sp³-hybridized carbons (Fsp3) is 0.550. The van der Waals surface area contributed by atoms with Crippen LogP contribution in [0.2, 0.25) is 0 Å². The van der Waals surface area contributed by atoms with E-state index < -0.39 is 11.6 Å². The third kappa shape index (κ3) is 3.59. The molecule has 6 heteroatoms. The van der Waals surface area contributed by atoms with Crippen molar-refractivity contribution in [1.29, 1.82) is 0 Å². The molecule has 2 fully saturated rings. The van der Waals surface area contributed by atoms with Crippen molar-refractivity contribution < 1.29 is 14.4 Å². The molecule has 1 aromatic rings. The fourth-order valence-corrected chi connectivity index (χ4v) is 3.92. The summed E-state index contributed by atoms with van der Waals surface area (Å²) in [6.45, 7) is 3.78. The van der Waals surface area contributed by atoms with Gasteiger partial charge in [-0.3, -0.25) is 14.5 Å². The lowest BCUT2D eigenvalue weighted by Crippen LogP contribution is -2.49. The third-order valence-corrected chi connectivity index (χ3v) is 5.48. The fourth-order valence-electron chi connectivity index (χ4n) is 3.92. The number of hydrogen-bond donors (Lipinski definition) is 2. The van der Waals surface area contributed by atoms with Crippen LogP contribution in [0.3, 0.4) is 0 Å². The van der Waals surface area contributed by atoms with Gasteiger partial charge >= 0.3 is 6.03 Å². The Kier molecular flexibility index (Phi) is 5.30. The van der Waals surface area contributed by atoms with Crippen molar-refractivity contribution in [2.45, 2.75) is 64.0 Å². The molecule has 1 heterocycles. The van der Waals surface area contributed by atoms with Crippen LogP contribution in [-0.4, -0.2) is 34.8 Å². The minimum atomic E-state index is -0.781. The summed E-state index contributed by atoms with van der Waals surface area (Å²) < 4.78 is 0. The number of benzene rings is 1. The minimum absolute atomic E-state index is 0.132. The lowest BCUT2D eigenvalue weighted by atomic mass is 9.82. The zero-order valence-corrected chi connectivity index (χ0v) is 15.5. The van der Waals surface area contributed by atoms with E-state index in [1.54, 1.807) is 0 Å². The Balaban J connectivity index is 1.64. The molecule has 1 aliphatic heterocycles. The summed E-state index contributed by atoms with van der Waals surface area (Å²) in [5.41, 5.74) is 1.40. The number of carbonyl (C=O) groups is 3. The highest BCUT2D eigenvalue weighted by atomic mass is 16.2. The van der Waals surface area contributed by atoms with Crippen molar-refractivity contribution in [1.82, 2.24) is 15.5 Å². The van der Waals surface area contributed by atoms with Gasteiger partial charge in [0.25, 0.3) is 5.91 Å². The molecule has 0 aromatic heterocycles. The van der Waals surface area contributed by atoms with Crippen LogP contribution in [0, 0.1) is 6.92 Å². The standard InChI is InChI=1S/C20H27N3O3/c1-3-16(15-9-7-14(2)8-10-15)21-17(24)13-23-18(25)20(22-19(23)26)11-5-4-6-12-20/h7-10,16H,3-6,11-13H2,1-2H3,(H,21,24)(H,22,26)/t16-/m1/s1. The number of nitrogens with one attached hydrogen (secondary N) is 2. The van der Waals surface area contributed by atoms with Crippen LogP contribution < -0.4 is 10.6 Å². The molecule has 140 valence electrons. The number of amides is 4. The summed E-state index contributed by atoms with van der Waals surface area (Å²) in [7, 11) is 0. The largest absolute Gasteiger partial charge is 0.348 e. The third-order valence-electron chi connectivity index (χ3n) is 5.48. The number of hydrogen-bond acceptors (Lipinski definition) is 3. The SMILES string of the molecule is CC[C@@H](NC(=O)CN1C(=O)NC2(CCCCC2)C1=O)c1ccc(C)cc1. The highest BCUT2D eigenvalue weighted by Crippen LogP contribution is 2.33. The summed E-state index contributed by atoms with van der Waals surface area (Å²) in [6, 6.07) is 7.43. The quantitative estimate of drug-likeness (QED) is 0.796. The summed E-state index contributed by atoms with van der Waals surface area (Å²) in [5.74, 6) is -0.561. The van der Waals surface area contributed by atoms with Crippen molar-refractivity contribution in [3.8, 4) is 0 Å². The molecule has 1 saturated heterocycles. The normalized spacial score (nSPS) is 20.2. The molecule has 1 aliphatic carbocycles. The molecular formula is C20H27N3O3. The Morgan fingerprint density at radius 1 is 1.19 bits per heavy atom. The van der Waals surface area contributed by atoms with Gasteiger partial charge in [-0.25, -0.2) is 4.79 Å². The van der Waals surface area contributed by atoms with Gasteiger partial charge in [0, 0.05) is 0 Å². The highest BCUT2D eigenvalue weighted by molar-refractivity contribution is 6.09. The smallest absolute Gasteiger partial charge is 0.325 e. The van der Waals surface area contributed by atoms with Crippen molar-refractivity contribution in [2.75, 3.05) is 6.54 Å². The van der Waals surface area contributed by atoms with Crippen molar-refractivity contribution in [3.05, 3.63) is 35.4 Å². The van der Waals surface area contributed by atoms with Crippen LogP contribution in [-0.2, 0) is 9.59 Å². The number of imide groups is 1. The topological polar surface area (TPSA) is 78.5 Å². The first-order valence-corrected chi connectivity index (χ1v) is 9.45. The first-order chi connectivity index (χ1) is 12.4. The lowest BCUT2D eigenvalue weighted by Gasteiger charge is -2.30. The zero-order chi connectivity index (χ0) is 18.7. The van der Waals surface area contributed by atoms with Gasteiger partial charge in [-0.15, -0.1) is 0 Å². The van der Waals surface area contributed by atoms with Gasteiger partial charge in [0.2, 0.25) is 5.91 Å². The van der Waals surface area contributed by atoms with Gasteiger partial charge in [0.15, 0.2) is 0 Å². The van der Waals surface area contributed by atoms with E-state index in [0.717, 1.165) is 41.7 Å². The summed E-state index contributed by atoms with van der Waals surface area (Å²) in [5, 5.41) is 5.79. The number of carbonyl (C=O) groups excluding carboxylic acids is 3. The van der Waals surface area contributed by atoms with Gasteiger partial charge in [-0.2, -0.15) is 0 Å². The second kappa shape index (κ2) is 7.48. The number of aryl methyl sites for hydroxylation is 1. The monoisotopic (exact) mass is 357 g/mol. The molecule has 1 saturated carbocycles. The maximum Gasteiger partial charge on any atom is 0.325 e. The van der Waals surface area contributed by atoms with E-state index in [2.05, 4.69) is 10.6 Å². The van der Waals surface area contributed by atoms with Crippen LogP contribution in [0.5, 0.6) is 0 Å². The van der Waals surface area contributed by atoms with E-state index in [-0.39, 0.29) is 24.4 Å². The number of rotatable bonds is 5. The second-order valence-electron chi connectivity index (χ2n) is 7.40. The van der Waals surface area contributed by atoms with E-state index in [1.165, 1.54) is 0 Å². The van der Waals surface area contributed by atoms with E-state index in [1.807, 2.05) is 38.1 Å². The predicted octanol–water partition coefficient (Wildman–Crippen LogP) is 2.82. The van der Waals surface area contributed by atoms with Gasteiger partial charge < -0.3 is 10.6 Å². The number of urea groups is 1. The first kappa shape index (κ1) is 18.4.